The van der Waals surface area contributed by atoms with Gasteiger partial charge in [-0.15, -0.1) is 11.8 Å². The molecule has 7 nitrogen and oxygen atoms in total. The summed E-state index contributed by atoms with van der Waals surface area (Å²) in [5.74, 6) is 1.60. The van der Waals surface area contributed by atoms with Crippen molar-refractivity contribution in [3.05, 3.63) is 89.6 Å². The molecule has 38 heavy (non-hydrogen) atoms. The number of fused-ring (bicyclic) bond motifs is 1. The van der Waals surface area contributed by atoms with Crippen molar-refractivity contribution in [1.82, 2.24) is 15.2 Å². The molecule has 198 valence electrons. The highest BCUT2D eigenvalue weighted by atomic mass is 32.2. The average molecular weight is 532 g/mol. The van der Waals surface area contributed by atoms with E-state index in [1.165, 1.54) is 11.8 Å². The number of thioether (sulfide) groups is 1. The van der Waals surface area contributed by atoms with Crippen LogP contribution in [0, 0.1) is 6.92 Å². The zero-order valence-electron chi connectivity index (χ0n) is 22.0. The van der Waals surface area contributed by atoms with Gasteiger partial charge in [-0.25, -0.2) is 0 Å². The Balaban J connectivity index is 1.30. The Hall–Kier alpha value is -3.91. The van der Waals surface area contributed by atoms with Gasteiger partial charge in [0.1, 0.15) is 0 Å². The van der Waals surface area contributed by atoms with E-state index in [4.69, 9.17) is 9.47 Å². The highest BCUT2D eigenvalue weighted by molar-refractivity contribution is 8.00. The monoisotopic (exact) mass is 531 g/mol. The lowest BCUT2D eigenvalue weighted by atomic mass is 10.1. The molecule has 0 atom stereocenters. The quantitative estimate of drug-likeness (QED) is 0.256. The molecular weight excluding hydrogens is 498 g/mol. The average Bonchev–Trinajstić information content (AvgIpc) is 3.29. The van der Waals surface area contributed by atoms with Crippen LogP contribution >= 0.6 is 11.8 Å². The molecule has 1 aromatic heterocycles. The number of carbonyl (C=O) groups is 2. The van der Waals surface area contributed by atoms with Gasteiger partial charge in [-0.2, -0.15) is 0 Å². The van der Waals surface area contributed by atoms with Crippen molar-refractivity contribution < 1.29 is 19.1 Å². The first kappa shape index (κ1) is 27.1. The van der Waals surface area contributed by atoms with E-state index in [9.17, 15) is 9.59 Å². The van der Waals surface area contributed by atoms with Crippen LogP contribution in [0.1, 0.15) is 21.5 Å². The van der Waals surface area contributed by atoms with E-state index in [1.807, 2.05) is 61.5 Å². The second-order valence-electron chi connectivity index (χ2n) is 8.85. The highest BCUT2D eigenvalue weighted by Gasteiger charge is 2.12. The van der Waals surface area contributed by atoms with Crippen LogP contribution in [0.4, 0.5) is 0 Å². The molecule has 4 rings (SSSR count). The maximum atomic E-state index is 12.6. The fourth-order valence-corrected chi connectivity index (χ4v) is 5.22. The minimum Gasteiger partial charge on any atom is -0.493 e. The Morgan fingerprint density at radius 1 is 0.895 bits per heavy atom. The van der Waals surface area contributed by atoms with Crippen molar-refractivity contribution in [3.8, 4) is 11.5 Å². The van der Waals surface area contributed by atoms with Crippen molar-refractivity contribution in [2.75, 3.05) is 33.1 Å². The van der Waals surface area contributed by atoms with Crippen LogP contribution < -0.4 is 20.1 Å². The third-order valence-corrected chi connectivity index (χ3v) is 7.37. The lowest BCUT2D eigenvalue weighted by Crippen LogP contribution is -2.27. The van der Waals surface area contributed by atoms with Crippen LogP contribution in [0.2, 0.25) is 0 Å². The maximum Gasteiger partial charge on any atom is 0.251 e. The largest absolute Gasteiger partial charge is 0.493 e. The molecule has 4 aromatic rings. The Labute approximate surface area is 227 Å². The molecule has 8 heteroatoms. The third kappa shape index (κ3) is 6.69. The first-order chi connectivity index (χ1) is 18.5. The molecule has 1 heterocycles. The molecular formula is C30H33N3O4S. The van der Waals surface area contributed by atoms with Gasteiger partial charge >= 0.3 is 0 Å². The molecule has 2 N–H and O–H groups in total. The summed E-state index contributed by atoms with van der Waals surface area (Å²) in [6.45, 7) is 3.62. The number of para-hydroxylation sites is 1. The minimum atomic E-state index is -0.0704. The number of rotatable bonds is 12. The predicted molar refractivity (Wildman–Crippen MR) is 152 cm³/mol. The second-order valence-corrected chi connectivity index (χ2v) is 9.87. The molecule has 0 aliphatic carbocycles. The number of ether oxygens (including phenoxy) is 2. The summed E-state index contributed by atoms with van der Waals surface area (Å²) >= 11 is 1.52. The van der Waals surface area contributed by atoms with Crippen molar-refractivity contribution in [2.24, 2.45) is 0 Å². The Morgan fingerprint density at radius 2 is 1.66 bits per heavy atom. The molecule has 0 aliphatic heterocycles. The normalized spacial score (nSPS) is 10.8. The molecule has 0 unspecified atom stereocenters. The number of aryl methyl sites for hydroxylation is 1. The van der Waals surface area contributed by atoms with Crippen molar-refractivity contribution in [3.63, 3.8) is 0 Å². The topological polar surface area (TPSA) is 81.6 Å². The van der Waals surface area contributed by atoms with E-state index in [2.05, 4.69) is 33.5 Å². The summed E-state index contributed by atoms with van der Waals surface area (Å²) in [7, 11) is 3.22. The molecule has 0 saturated carbocycles. The Kier molecular flexibility index (Phi) is 9.32. The molecule has 0 bridgehead atoms. The molecule has 0 spiro atoms. The fourth-order valence-electron chi connectivity index (χ4n) is 4.30. The molecule has 0 radical (unpaired) electrons. The summed E-state index contributed by atoms with van der Waals surface area (Å²) in [4.78, 5) is 26.2. The number of nitrogens with zero attached hydrogens (tertiary/aromatic N) is 1. The van der Waals surface area contributed by atoms with Crippen molar-refractivity contribution in [1.29, 1.82) is 0 Å². The van der Waals surface area contributed by atoms with Gasteiger partial charge < -0.3 is 24.7 Å². The number of methoxy groups -OCH3 is 2. The minimum absolute atomic E-state index is 0.0159. The molecule has 0 aliphatic rings. The number of hydrogen-bond donors (Lipinski definition) is 2. The van der Waals surface area contributed by atoms with Crippen LogP contribution in [-0.2, 0) is 17.8 Å². The van der Waals surface area contributed by atoms with Gasteiger partial charge in [0.05, 0.1) is 20.0 Å². The second kappa shape index (κ2) is 13.1. The first-order valence-electron chi connectivity index (χ1n) is 12.5. The fraction of sp³-hybridized carbons (Fsp3) is 0.267. The standard InChI is InChI=1S/C30H33N3O4S/c1-21-8-4-5-9-23(21)30(35)32-16-17-33-19-28(24-10-6-7-11-25(24)33)38-20-29(34)31-15-14-22-12-13-26(36-2)27(18-22)37-3/h4-13,18-19H,14-17,20H2,1-3H3,(H,31,34)(H,32,35). The van der Waals surface area contributed by atoms with Gasteiger partial charge in [0.25, 0.3) is 5.91 Å². The smallest absolute Gasteiger partial charge is 0.251 e. The van der Waals surface area contributed by atoms with Crippen LogP contribution in [0.15, 0.2) is 77.8 Å². The molecule has 0 saturated heterocycles. The van der Waals surface area contributed by atoms with Gasteiger partial charge in [-0.05, 0) is 48.7 Å². The summed E-state index contributed by atoms with van der Waals surface area (Å²) in [6.07, 6.45) is 2.76. The van der Waals surface area contributed by atoms with E-state index < -0.39 is 0 Å². The van der Waals surface area contributed by atoms with E-state index in [0.717, 1.165) is 26.9 Å². The number of hydrogen-bond acceptors (Lipinski definition) is 5. The number of carbonyl (C=O) groups excluding carboxylic acids is 2. The third-order valence-electron chi connectivity index (χ3n) is 6.32. The number of nitrogens with one attached hydrogen (secondary N) is 2. The number of amides is 2. The summed E-state index contributed by atoms with van der Waals surface area (Å²) in [5.41, 5.74) is 3.79. The van der Waals surface area contributed by atoms with E-state index >= 15 is 0 Å². The highest BCUT2D eigenvalue weighted by Crippen LogP contribution is 2.30. The molecule has 3 aromatic carbocycles. The van der Waals surface area contributed by atoms with Gasteiger partial charge in [-0.3, -0.25) is 9.59 Å². The lowest BCUT2D eigenvalue weighted by molar-refractivity contribution is -0.118. The molecule has 0 fully saturated rings. The Morgan fingerprint density at radius 3 is 2.45 bits per heavy atom. The van der Waals surface area contributed by atoms with Gasteiger partial charge in [0, 0.05) is 47.2 Å². The van der Waals surface area contributed by atoms with Crippen LogP contribution in [0.3, 0.4) is 0 Å². The van der Waals surface area contributed by atoms with Crippen molar-refractivity contribution in [2.45, 2.75) is 24.8 Å². The Bertz CT molecular complexity index is 1420. The zero-order chi connectivity index (χ0) is 26.9. The van der Waals surface area contributed by atoms with Gasteiger partial charge in [-0.1, -0.05) is 42.5 Å². The van der Waals surface area contributed by atoms with Crippen LogP contribution in [0.5, 0.6) is 11.5 Å². The lowest BCUT2D eigenvalue weighted by Gasteiger charge is -2.10. The summed E-state index contributed by atoms with van der Waals surface area (Å²) < 4.78 is 12.8. The molecule has 2 amide bonds. The van der Waals surface area contributed by atoms with Crippen LogP contribution in [-0.4, -0.2) is 49.4 Å². The zero-order valence-corrected chi connectivity index (χ0v) is 22.8. The van der Waals surface area contributed by atoms with E-state index in [1.54, 1.807) is 14.2 Å². The van der Waals surface area contributed by atoms with Crippen molar-refractivity contribution >= 4 is 34.5 Å². The summed E-state index contributed by atoms with van der Waals surface area (Å²) in [6, 6.07) is 21.5. The van der Waals surface area contributed by atoms with Gasteiger partial charge in [0.15, 0.2) is 11.5 Å². The first-order valence-corrected chi connectivity index (χ1v) is 13.5. The van der Waals surface area contributed by atoms with Gasteiger partial charge in [0.2, 0.25) is 5.91 Å². The maximum absolute atomic E-state index is 12.6. The predicted octanol–water partition coefficient (Wildman–Crippen LogP) is 4.85. The summed E-state index contributed by atoms with van der Waals surface area (Å²) in [5, 5.41) is 7.12. The van der Waals surface area contributed by atoms with Crippen LogP contribution in [0.25, 0.3) is 10.9 Å². The van der Waals surface area contributed by atoms with E-state index in [-0.39, 0.29) is 11.8 Å². The number of aromatic nitrogens is 1. The number of benzene rings is 3. The SMILES string of the molecule is COc1ccc(CCNC(=O)CSc2cn(CCNC(=O)c3ccccc3C)c3ccccc23)cc1OC. The van der Waals surface area contributed by atoms with E-state index in [0.29, 0.717) is 48.9 Å².